The molecule has 0 fully saturated rings. The first kappa shape index (κ1) is 13.4. The van der Waals surface area contributed by atoms with Crippen LogP contribution in [0.2, 0.25) is 0 Å². The van der Waals surface area contributed by atoms with Crippen LogP contribution in [0.15, 0.2) is 0 Å². The predicted molar refractivity (Wildman–Crippen MR) is 29.9 cm³/mol. The summed E-state index contributed by atoms with van der Waals surface area (Å²) in [5, 5.41) is 0. The van der Waals surface area contributed by atoms with Gasteiger partial charge in [-0.1, -0.05) is 13.3 Å². The SMILES string of the molecule is CCCCO[PH](=O)[O-].[K+]. The first-order valence-corrected chi connectivity index (χ1v) is 3.83. The fraction of sp³-hybridized carbons (Fsp3) is 1.00. The van der Waals surface area contributed by atoms with Crippen LogP contribution in [-0.4, -0.2) is 6.61 Å². The van der Waals surface area contributed by atoms with Crippen molar-refractivity contribution in [2.75, 3.05) is 6.61 Å². The van der Waals surface area contributed by atoms with Gasteiger partial charge in [0.05, 0.1) is 6.61 Å². The van der Waals surface area contributed by atoms with Gasteiger partial charge < -0.3 is 14.0 Å². The minimum Gasteiger partial charge on any atom is -0.781 e. The Balaban J connectivity index is 0. The molecule has 0 aromatic rings. The fourth-order valence-corrected chi connectivity index (χ4v) is 0.611. The number of rotatable bonds is 4. The van der Waals surface area contributed by atoms with E-state index in [-0.39, 0.29) is 51.4 Å². The molecule has 0 aliphatic carbocycles. The van der Waals surface area contributed by atoms with E-state index in [2.05, 4.69) is 4.52 Å². The summed E-state index contributed by atoms with van der Waals surface area (Å²) in [6.07, 6.45) is 1.79. The van der Waals surface area contributed by atoms with E-state index in [1.807, 2.05) is 6.92 Å². The average Bonchev–Trinajstić information content (AvgIpc) is 1.66. The van der Waals surface area contributed by atoms with Crippen molar-refractivity contribution in [3.63, 3.8) is 0 Å². The zero-order valence-electron chi connectivity index (χ0n) is 5.85. The van der Waals surface area contributed by atoms with E-state index in [0.29, 0.717) is 6.61 Å². The van der Waals surface area contributed by atoms with Gasteiger partial charge in [0.25, 0.3) is 0 Å². The van der Waals surface area contributed by atoms with Crippen LogP contribution >= 0.6 is 8.25 Å². The van der Waals surface area contributed by atoms with Crippen molar-refractivity contribution >= 4 is 8.25 Å². The maximum Gasteiger partial charge on any atom is 1.00 e. The van der Waals surface area contributed by atoms with Crippen LogP contribution in [0.5, 0.6) is 0 Å². The maximum absolute atomic E-state index is 9.73. The largest absolute Gasteiger partial charge is 1.00 e. The third-order valence-corrected chi connectivity index (χ3v) is 1.16. The maximum atomic E-state index is 9.73. The van der Waals surface area contributed by atoms with E-state index in [1.165, 1.54) is 0 Å². The Morgan fingerprint density at radius 1 is 1.67 bits per heavy atom. The van der Waals surface area contributed by atoms with E-state index in [0.717, 1.165) is 12.8 Å². The molecule has 5 heteroatoms. The van der Waals surface area contributed by atoms with Gasteiger partial charge in [-0.05, 0) is 6.42 Å². The van der Waals surface area contributed by atoms with Gasteiger partial charge in [-0.2, -0.15) is 0 Å². The molecule has 0 aliphatic rings. The summed E-state index contributed by atoms with van der Waals surface area (Å²) in [5.74, 6) is 0. The predicted octanol–water partition coefficient (Wildman–Crippen LogP) is -2.44. The molecule has 0 aliphatic heterocycles. The van der Waals surface area contributed by atoms with Gasteiger partial charge in [0.2, 0.25) is 0 Å². The summed E-state index contributed by atoms with van der Waals surface area (Å²) in [5.41, 5.74) is 0. The molecule has 0 rings (SSSR count). The second-order valence-electron chi connectivity index (χ2n) is 1.45. The third-order valence-electron chi connectivity index (χ3n) is 0.718. The van der Waals surface area contributed by atoms with Crippen molar-refractivity contribution < 1.29 is 65.4 Å². The Kier molecular flexibility index (Phi) is 14.6. The van der Waals surface area contributed by atoms with E-state index < -0.39 is 8.25 Å². The van der Waals surface area contributed by atoms with Crippen molar-refractivity contribution in [2.24, 2.45) is 0 Å². The van der Waals surface area contributed by atoms with Crippen LogP contribution in [-0.2, 0) is 9.09 Å². The molecule has 1 atom stereocenters. The molecule has 9 heavy (non-hydrogen) atoms. The van der Waals surface area contributed by atoms with Crippen LogP contribution in [0.1, 0.15) is 19.8 Å². The third kappa shape index (κ3) is 12.9. The molecule has 0 heterocycles. The van der Waals surface area contributed by atoms with Gasteiger partial charge >= 0.3 is 51.4 Å². The van der Waals surface area contributed by atoms with E-state index in [9.17, 15) is 9.46 Å². The minimum atomic E-state index is -2.91. The van der Waals surface area contributed by atoms with Gasteiger partial charge in [0, 0.05) is 0 Å². The monoisotopic (exact) mass is 176 g/mol. The first-order chi connectivity index (χ1) is 3.77. The van der Waals surface area contributed by atoms with Crippen LogP contribution < -0.4 is 56.3 Å². The van der Waals surface area contributed by atoms with Gasteiger partial charge in [-0.25, -0.2) is 0 Å². The Labute approximate surface area is 98.5 Å². The number of hydrogen-bond donors (Lipinski definition) is 0. The summed E-state index contributed by atoms with van der Waals surface area (Å²) in [6.45, 7) is 2.32. The van der Waals surface area contributed by atoms with E-state index in [4.69, 9.17) is 0 Å². The van der Waals surface area contributed by atoms with Crippen LogP contribution in [0.25, 0.3) is 0 Å². The Morgan fingerprint density at radius 2 is 2.22 bits per heavy atom. The Bertz CT molecular complexity index is 78.2. The Morgan fingerprint density at radius 3 is 2.56 bits per heavy atom. The van der Waals surface area contributed by atoms with Gasteiger partial charge in [0.15, 0.2) is 0 Å². The quantitative estimate of drug-likeness (QED) is 0.271. The number of hydrogen-bond acceptors (Lipinski definition) is 3. The molecule has 0 N–H and O–H groups in total. The molecule has 0 saturated carbocycles. The molecule has 0 radical (unpaired) electrons. The summed E-state index contributed by atoms with van der Waals surface area (Å²) in [6, 6.07) is 0. The average molecular weight is 176 g/mol. The van der Waals surface area contributed by atoms with Gasteiger partial charge in [0.1, 0.15) is 8.25 Å². The molecule has 0 aromatic carbocycles. The molecule has 50 valence electrons. The van der Waals surface area contributed by atoms with Gasteiger partial charge in [-0.3, -0.25) is 0 Å². The topological polar surface area (TPSA) is 49.4 Å². The van der Waals surface area contributed by atoms with Crippen LogP contribution in [0.4, 0.5) is 0 Å². The van der Waals surface area contributed by atoms with Crippen LogP contribution in [0, 0.1) is 0 Å². The summed E-state index contributed by atoms with van der Waals surface area (Å²) >= 11 is 0. The zero-order valence-corrected chi connectivity index (χ0v) is 9.97. The normalized spacial score (nSPS) is 12.2. The molecular weight excluding hydrogens is 166 g/mol. The van der Waals surface area contributed by atoms with Crippen molar-refractivity contribution in [2.45, 2.75) is 19.8 Å². The first-order valence-electron chi connectivity index (χ1n) is 2.61. The second kappa shape index (κ2) is 9.79. The van der Waals surface area contributed by atoms with Crippen molar-refractivity contribution in [1.29, 1.82) is 0 Å². The number of unbranched alkanes of at least 4 members (excludes halogenated alkanes) is 1. The minimum absolute atomic E-state index is 0. The van der Waals surface area contributed by atoms with E-state index >= 15 is 0 Å². The summed E-state index contributed by atoms with van der Waals surface area (Å²) < 4.78 is 14.0. The van der Waals surface area contributed by atoms with Crippen molar-refractivity contribution in [1.82, 2.24) is 0 Å². The summed E-state index contributed by atoms with van der Waals surface area (Å²) in [4.78, 5) is 9.73. The van der Waals surface area contributed by atoms with Crippen molar-refractivity contribution in [3.8, 4) is 0 Å². The molecule has 0 bridgehead atoms. The Hall–Kier alpha value is 1.79. The van der Waals surface area contributed by atoms with Crippen molar-refractivity contribution in [3.05, 3.63) is 0 Å². The van der Waals surface area contributed by atoms with Crippen LogP contribution in [0.3, 0.4) is 0 Å². The second-order valence-corrected chi connectivity index (χ2v) is 2.24. The standard InChI is InChI=1S/C4H11O3P.K/c1-2-3-4-7-8(5)6;/h8H,2-4H2,1H3,(H,5,6);/q;+1/p-1. The van der Waals surface area contributed by atoms with E-state index in [1.54, 1.807) is 0 Å². The summed E-state index contributed by atoms with van der Waals surface area (Å²) in [7, 11) is -2.91. The molecule has 0 aromatic heterocycles. The molecular formula is C4H10KO3P. The molecule has 0 saturated heterocycles. The van der Waals surface area contributed by atoms with Gasteiger partial charge in [-0.15, -0.1) is 0 Å². The zero-order chi connectivity index (χ0) is 6.41. The smallest absolute Gasteiger partial charge is 0.781 e. The molecule has 0 amide bonds. The fourth-order valence-electron chi connectivity index (χ4n) is 0.300. The molecule has 0 spiro atoms. The molecule has 3 nitrogen and oxygen atoms in total. The molecule has 1 unspecified atom stereocenters.